The first-order valence-electron chi connectivity index (χ1n) is 10.00. The molecule has 0 fully saturated rings. The zero-order chi connectivity index (χ0) is 24.5. The van der Waals surface area contributed by atoms with Crippen LogP contribution in [0.15, 0.2) is 40.6 Å². The minimum atomic E-state index is -1.50. The second-order valence-electron chi connectivity index (χ2n) is 6.48. The molecule has 11 heteroatoms. The van der Waals surface area contributed by atoms with Crippen LogP contribution in [0.1, 0.15) is 20.8 Å². The predicted octanol–water partition coefficient (Wildman–Crippen LogP) is 5.38. The van der Waals surface area contributed by atoms with E-state index in [1.807, 2.05) is 13.8 Å². The number of para-hydroxylation sites is 1. The Balaban J connectivity index is 2.38. The molecule has 2 aromatic carbocycles. The van der Waals surface area contributed by atoms with E-state index in [4.69, 9.17) is 42.3 Å². The SMILES string of the molecule is CCOc1cc(N=NC(C(C)=O)C(=O)N(Cl)c2cccc(OC)c2OC)cc(Cl)c1OCC. The topological polar surface area (TPSA) is 99.0 Å². The molecule has 2 aromatic rings. The number of ether oxygens (including phenoxy) is 4. The van der Waals surface area contributed by atoms with Gasteiger partial charge in [-0.15, -0.1) is 0 Å². The summed E-state index contributed by atoms with van der Waals surface area (Å²) in [6.45, 7) is 5.60. The normalized spacial score (nSPS) is 11.7. The molecule has 0 saturated heterocycles. The quantitative estimate of drug-likeness (QED) is 0.234. The molecule has 0 aromatic heterocycles. The van der Waals surface area contributed by atoms with Crippen molar-refractivity contribution < 1.29 is 28.5 Å². The maximum Gasteiger partial charge on any atom is 0.276 e. The van der Waals surface area contributed by atoms with Gasteiger partial charge in [-0.3, -0.25) is 9.59 Å². The number of anilines is 1. The average molecular weight is 498 g/mol. The molecule has 0 saturated carbocycles. The minimum Gasteiger partial charge on any atom is -0.493 e. The maximum absolute atomic E-state index is 13.0. The van der Waals surface area contributed by atoms with Crippen LogP contribution in [-0.4, -0.2) is 45.2 Å². The third kappa shape index (κ3) is 6.27. The summed E-state index contributed by atoms with van der Waals surface area (Å²) in [5, 5.41) is 8.21. The van der Waals surface area contributed by atoms with E-state index >= 15 is 0 Å². The third-order valence-electron chi connectivity index (χ3n) is 4.28. The van der Waals surface area contributed by atoms with E-state index in [2.05, 4.69) is 10.2 Å². The maximum atomic E-state index is 13.0. The van der Waals surface area contributed by atoms with E-state index < -0.39 is 17.7 Å². The van der Waals surface area contributed by atoms with Gasteiger partial charge in [0.15, 0.2) is 28.8 Å². The van der Waals surface area contributed by atoms with Gasteiger partial charge in [-0.1, -0.05) is 17.7 Å². The van der Waals surface area contributed by atoms with Gasteiger partial charge >= 0.3 is 0 Å². The molecule has 9 nitrogen and oxygen atoms in total. The van der Waals surface area contributed by atoms with Crippen LogP contribution in [0, 0.1) is 0 Å². The van der Waals surface area contributed by atoms with Gasteiger partial charge in [0, 0.05) is 17.8 Å². The van der Waals surface area contributed by atoms with Gasteiger partial charge in [-0.2, -0.15) is 10.2 Å². The molecule has 0 N–H and O–H groups in total. The summed E-state index contributed by atoms with van der Waals surface area (Å²) in [5.41, 5.74) is 0.457. The fourth-order valence-electron chi connectivity index (χ4n) is 2.84. The number of carbonyl (C=O) groups excluding carboxylic acids is 2. The number of amides is 1. The molecule has 178 valence electrons. The van der Waals surface area contributed by atoms with Crippen molar-refractivity contribution in [3.8, 4) is 23.0 Å². The second kappa shape index (κ2) is 12.3. The number of hydrogen-bond donors (Lipinski definition) is 0. The number of rotatable bonds is 11. The Labute approximate surface area is 202 Å². The lowest BCUT2D eigenvalue weighted by atomic mass is 10.2. The second-order valence-corrected chi connectivity index (χ2v) is 7.23. The number of hydrogen-bond acceptors (Lipinski definition) is 8. The summed E-state index contributed by atoms with van der Waals surface area (Å²) < 4.78 is 22.4. The van der Waals surface area contributed by atoms with E-state index in [0.29, 0.717) is 30.5 Å². The first-order chi connectivity index (χ1) is 15.8. The zero-order valence-electron chi connectivity index (χ0n) is 18.9. The van der Waals surface area contributed by atoms with Gasteiger partial charge < -0.3 is 18.9 Å². The number of azo groups is 1. The van der Waals surface area contributed by atoms with E-state index in [0.717, 1.165) is 4.42 Å². The summed E-state index contributed by atoms with van der Waals surface area (Å²) >= 11 is 12.6. The van der Waals surface area contributed by atoms with Crippen molar-refractivity contribution in [2.45, 2.75) is 26.8 Å². The number of benzene rings is 2. The van der Waals surface area contributed by atoms with Crippen molar-refractivity contribution in [2.24, 2.45) is 10.2 Å². The Hall–Kier alpha value is -3.04. The molecule has 0 radical (unpaired) electrons. The molecular weight excluding hydrogens is 473 g/mol. The van der Waals surface area contributed by atoms with Crippen LogP contribution in [0.3, 0.4) is 0 Å². The van der Waals surface area contributed by atoms with Gasteiger partial charge in [0.05, 0.1) is 38.1 Å². The Morgan fingerprint density at radius 2 is 1.73 bits per heavy atom. The van der Waals surface area contributed by atoms with Crippen LogP contribution in [-0.2, 0) is 9.59 Å². The predicted molar refractivity (Wildman–Crippen MR) is 126 cm³/mol. The molecule has 0 heterocycles. The van der Waals surface area contributed by atoms with Crippen molar-refractivity contribution in [3.63, 3.8) is 0 Å². The van der Waals surface area contributed by atoms with Crippen LogP contribution in [0.5, 0.6) is 23.0 Å². The number of carbonyl (C=O) groups is 2. The van der Waals surface area contributed by atoms with Crippen molar-refractivity contribution in [1.82, 2.24) is 0 Å². The van der Waals surface area contributed by atoms with E-state index in [1.54, 1.807) is 24.3 Å². The molecule has 2 rings (SSSR count). The van der Waals surface area contributed by atoms with E-state index in [9.17, 15) is 9.59 Å². The van der Waals surface area contributed by atoms with Crippen LogP contribution >= 0.6 is 23.4 Å². The summed E-state index contributed by atoms with van der Waals surface area (Å²) in [5.74, 6) is -0.0492. The number of ketones is 1. The number of halogens is 2. The Morgan fingerprint density at radius 1 is 1.03 bits per heavy atom. The monoisotopic (exact) mass is 497 g/mol. The smallest absolute Gasteiger partial charge is 0.276 e. The molecule has 0 aliphatic rings. The molecule has 1 unspecified atom stereocenters. The highest BCUT2D eigenvalue weighted by molar-refractivity contribution is 6.39. The summed E-state index contributed by atoms with van der Waals surface area (Å²) in [6, 6.07) is 6.35. The number of nitrogens with zero attached hydrogens (tertiary/aromatic N) is 3. The standard InChI is InChI=1S/C22H25Cl2N3O6/c1-6-32-18-12-14(11-15(23)20(18)33-7-2)25-26-19(13(3)28)22(29)27(24)16-9-8-10-17(30-4)21(16)31-5/h8-12,19H,6-7H2,1-5H3. The molecule has 0 bridgehead atoms. The highest BCUT2D eigenvalue weighted by Gasteiger charge is 2.31. The molecule has 1 amide bonds. The lowest BCUT2D eigenvalue weighted by Crippen LogP contribution is -2.36. The third-order valence-corrected chi connectivity index (χ3v) is 4.91. The molecular formula is C22H25Cl2N3O6. The first-order valence-corrected chi connectivity index (χ1v) is 10.7. The zero-order valence-corrected chi connectivity index (χ0v) is 20.4. The lowest BCUT2D eigenvalue weighted by Gasteiger charge is -2.20. The number of methoxy groups -OCH3 is 2. The minimum absolute atomic E-state index is 0.188. The fourth-order valence-corrected chi connectivity index (χ4v) is 3.32. The van der Waals surface area contributed by atoms with Crippen molar-refractivity contribution in [3.05, 3.63) is 35.4 Å². The van der Waals surface area contributed by atoms with Gasteiger partial charge in [-0.05, 0) is 39.0 Å². The van der Waals surface area contributed by atoms with Crippen LogP contribution in [0.4, 0.5) is 11.4 Å². The summed E-state index contributed by atoms with van der Waals surface area (Å²) in [7, 11) is 2.86. The Morgan fingerprint density at radius 3 is 2.30 bits per heavy atom. The largest absolute Gasteiger partial charge is 0.493 e. The van der Waals surface area contributed by atoms with Crippen LogP contribution < -0.4 is 23.4 Å². The molecule has 1 atom stereocenters. The molecule has 0 aliphatic heterocycles. The highest BCUT2D eigenvalue weighted by Crippen LogP contribution is 2.40. The Bertz CT molecular complexity index is 1030. The first kappa shape index (κ1) is 26.2. The summed E-state index contributed by atoms with van der Waals surface area (Å²) in [4.78, 5) is 25.2. The molecule has 0 spiro atoms. The van der Waals surface area contributed by atoms with Gasteiger partial charge in [0.25, 0.3) is 5.91 Å². The van der Waals surface area contributed by atoms with Crippen molar-refractivity contribution in [1.29, 1.82) is 0 Å². The number of Topliss-reactive ketones (excluding diaryl/α,β-unsaturated/α-hetero) is 1. The average Bonchev–Trinajstić information content (AvgIpc) is 2.80. The highest BCUT2D eigenvalue weighted by atomic mass is 35.5. The van der Waals surface area contributed by atoms with E-state index in [1.165, 1.54) is 27.2 Å². The molecule has 0 aliphatic carbocycles. The lowest BCUT2D eigenvalue weighted by molar-refractivity contribution is -0.126. The van der Waals surface area contributed by atoms with Gasteiger partial charge in [0.1, 0.15) is 5.69 Å². The van der Waals surface area contributed by atoms with Crippen LogP contribution in [0.2, 0.25) is 5.02 Å². The fraction of sp³-hybridized carbons (Fsp3) is 0.364. The van der Waals surface area contributed by atoms with Gasteiger partial charge in [-0.25, -0.2) is 4.42 Å². The van der Waals surface area contributed by atoms with E-state index in [-0.39, 0.29) is 22.1 Å². The summed E-state index contributed by atoms with van der Waals surface area (Å²) in [6.07, 6.45) is 0. The van der Waals surface area contributed by atoms with Gasteiger partial charge in [0.2, 0.25) is 6.04 Å². The Kier molecular flexibility index (Phi) is 9.74. The van der Waals surface area contributed by atoms with Crippen molar-refractivity contribution in [2.75, 3.05) is 31.9 Å². The van der Waals surface area contributed by atoms with Crippen molar-refractivity contribution >= 4 is 46.4 Å². The van der Waals surface area contributed by atoms with Crippen LogP contribution in [0.25, 0.3) is 0 Å². The molecule has 33 heavy (non-hydrogen) atoms.